The van der Waals surface area contributed by atoms with Crippen LogP contribution < -0.4 is 0 Å². The average Bonchev–Trinajstić information content (AvgIpc) is 2.85. The lowest BCUT2D eigenvalue weighted by molar-refractivity contribution is 0.0643. The Bertz CT molecular complexity index is 521. The Labute approximate surface area is 105 Å². The van der Waals surface area contributed by atoms with Crippen molar-refractivity contribution in [2.45, 2.75) is 18.9 Å². The van der Waals surface area contributed by atoms with Gasteiger partial charge < -0.3 is 4.90 Å². The van der Waals surface area contributed by atoms with Gasteiger partial charge in [0.25, 0.3) is 5.91 Å². The van der Waals surface area contributed by atoms with Gasteiger partial charge in [0.1, 0.15) is 0 Å². The molecule has 0 aromatic carbocycles. The highest BCUT2D eigenvalue weighted by Crippen LogP contribution is 2.30. The summed E-state index contributed by atoms with van der Waals surface area (Å²) in [6.07, 6.45) is 0.517. The molecule has 94 valence electrons. The monoisotopic (exact) mass is 273 g/mol. The molecular weight excluding hydrogens is 258 g/mol. The largest absolute Gasteiger partial charge is 0.335 e. The van der Waals surface area contributed by atoms with E-state index in [1.54, 1.807) is 18.0 Å². The summed E-state index contributed by atoms with van der Waals surface area (Å²) in [5.41, 5.74) is -0.570. The minimum absolute atomic E-state index is 0.0631. The molecule has 1 atom stereocenters. The molecule has 6 heteroatoms. The number of carbonyl (C=O) groups is 1. The van der Waals surface area contributed by atoms with Crippen LogP contribution in [0.15, 0.2) is 17.5 Å². The van der Waals surface area contributed by atoms with E-state index in [4.69, 9.17) is 0 Å². The van der Waals surface area contributed by atoms with E-state index in [-0.39, 0.29) is 17.4 Å². The van der Waals surface area contributed by atoms with Crippen LogP contribution in [0.1, 0.15) is 23.0 Å². The third kappa shape index (κ3) is 2.37. The summed E-state index contributed by atoms with van der Waals surface area (Å²) in [5.74, 6) is 0.138. The summed E-state index contributed by atoms with van der Waals surface area (Å²) in [4.78, 5) is 14.4. The molecule has 1 amide bonds. The number of amides is 1. The topological polar surface area (TPSA) is 54.5 Å². The minimum atomic E-state index is -2.99. The van der Waals surface area contributed by atoms with E-state index in [1.807, 2.05) is 18.4 Å². The number of thiophene rings is 1. The predicted molar refractivity (Wildman–Crippen MR) is 68.1 cm³/mol. The van der Waals surface area contributed by atoms with Crippen LogP contribution in [0.3, 0.4) is 0 Å². The van der Waals surface area contributed by atoms with Crippen LogP contribution in [0, 0.1) is 0 Å². The summed E-state index contributed by atoms with van der Waals surface area (Å²) >= 11 is 1.38. The predicted octanol–water partition coefficient (Wildman–Crippen LogP) is 1.40. The maximum Gasteiger partial charge on any atom is 0.264 e. The highest BCUT2D eigenvalue weighted by molar-refractivity contribution is 7.91. The fourth-order valence-corrected chi connectivity index (χ4v) is 4.95. The molecule has 0 unspecified atom stereocenters. The molecule has 2 rings (SSSR count). The van der Waals surface area contributed by atoms with Gasteiger partial charge in [-0.15, -0.1) is 11.3 Å². The molecule has 0 spiro atoms. The van der Waals surface area contributed by atoms with E-state index in [0.717, 1.165) is 0 Å². The van der Waals surface area contributed by atoms with E-state index in [1.165, 1.54) is 11.3 Å². The van der Waals surface area contributed by atoms with Crippen molar-refractivity contribution in [2.75, 3.05) is 18.6 Å². The maximum absolute atomic E-state index is 12.2. The Hall–Kier alpha value is -0.880. The average molecular weight is 273 g/mol. The van der Waals surface area contributed by atoms with Gasteiger partial charge in [-0.05, 0) is 24.8 Å². The summed E-state index contributed by atoms with van der Waals surface area (Å²) in [7, 11) is -1.31. The Balaban J connectivity index is 2.21. The van der Waals surface area contributed by atoms with E-state index in [2.05, 4.69) is 0 Å². The number of hydrogen-bond donors (Lipinski definition) is 0. The van der Waals surface area contributed by atoms with Gasteiger partial charge in [0.2, 0.25) is 0 Å². The van der Waals surface area contributed by atoms with Crippen LogP contribution in [0.5, 0.6) is 0 Å². The van der Waals surface area contributed by atoms with Crippen LogP contribution in [0.25, 0.3) is 0 Å². The number of sulfone groups is 1. The molecule has 0 bridgehead atoms. The van der Waals surface area contributed by atoms with Crippen molar-refractivity contribution in [3.8, 4) is 0 Å². The molecule has 1 aliphatic rings. The first-order valence-electron chi connectivity index (χ1n) is 5.36. The molecule has 0 aliphatic carbocycles. The standard InChI is InChI=1S/C11H15NO3S2/c1-11(5-7-17(14,15)8-11)12(2)10(13)9-4-3-6-16-9/h3-4,6H,5,7-8H2,1-2H3/t11-/m0/s1. The first-order valence-corrected chi connectivity index (χ1v) is 8.06. The Kier molecular flexibility index (Phi) is 3.03. The fraction of sp³-hybridized carbons (Fsp3) is 0.545. The molecule has 1 fully saturated rings. The first kappa shape index (κ1) is 12.6. The quantitative estimate of drug-likeness (QED) is 0.818. The maximum atomic E-state index is 12.2. The van der Waals surface area contributed by atoms with Crippen molar-refractivity contribution in [1.29, 1.82) is 0 Å². The lowest BCUT2D eigenvalue weighted by Crippen LogP contribution is -2.48. The number of nitrogens with zero attached hydrogens (tertiary/aromatic N) is 1. The van der Waals surface area contributed by atoms with Gasteiger partial charge >= 0.3 is 0 Å². The Morgan fingerprint density at radius 3 is 2.71 bits per heavy atom. The molecule has 2 heterocycles. The third-order valence-corrected chi connectivity index (χ3v) is 6.07. The Morgan fingerprint density at radius 2 is 2.24 bits per heavy atom. The SMILES string of the molecule is CN(C(=O)c1cccs1)[C@@]1(C)CCS(=O)(=O)C1. The molecule has 17 heavy (non-hydrogen) atoms. The number of hydrogen-bond acceptors (Lipinski definition) is 4. The summed E-state index contributed by atoms with van der Waals surface area (Å²) in [6.45, 7) is 1.84. The van der Waals surface area contributed by atoms with E-state index in [9.17, 15) is 13.2 Å². The molecule has 1 aromatic rings. The Morgan fingerprint density at radius 1 is 1.53 bits per heavy atom. The fourth-order valence-electron chi connectivity index (χ4n) is 2.07. The normalized spacial score (nSPS) is 26.9. The second-order valence-electron chi connectivity index (χ2n) is 4.68. The van der Waals surface area contributed by atoms with Gasteiger partial charge in [-0.1, -0.05) is 6.07 Å². The third-order valence-electron chi connectivity index (χ3n) is 3.33. The summed E-state index contributed by atoms with van der Waals surface area (Å²) in [5, 5.41) is 1.84. The van der Waals surface area contributed by atoms with Gasteiger partial charge in [0, 0.05) is 7.05 Å². The molecule has 0 radical (unpaired) electrons. The van der Waals surface area contributed by atoms with Crippen LogP contribution in [-0.4, -0.2) is 43.3 Å². The van der Waals surface area contributed by atoms with Crippen molar-refractivity contribution in [2.24, 2.45) is 0 Å². The molecule has 1 aromatic heterocycles. The van der Waals surface area contributed by atoms with Gasteiger partial charge in [-0.25, -0.2) is 8.42 Å². The van der Waals surface area contributed by atoms with Gasteiger partial charge in [0.15, 0.2) is 9.84 Å². The molecule has 4 nitrogen and oxygen atoms in total. The molecular formula is C11H15NO3S2. The zero-order valence-electron chi connectivity index (χ0n) is 9.84. The zero-order chi connectivity index (χ0) is 12.7. The second kappa shape index (κ2) is 4.10. The van der Waals surface area contributed by atoms with E-state index < -0.39 is 15.4 Å². The van der Waals surface area contributed by atoms with Gasteiger partial charge in [0.05, 0.1) is 21.9 Å². The molecule has 1 aliphatic heterocycles. The molecule has 0 saturated carbocycles. The van der Waals surface area contributed by atoms with E-state index in [0.29, 0.717) is 11.3 Å². The van der Waals surface area contributed by atoms with Crippen molar-refractivity contribution < 1.29 is 13.2 Å². The number of carbonyl (C=O) groups excluding carboxylic acids is 1. The van der Waals surface area contributed by atoms with Gasteiger partial charge in [-0.3, -0.25) is 4.79 Å². The minimum Gasteiger partial charge on any atom is -0.335 e. The first-order chi connectivity index (χ1) is 7.84. The van der Waals surface area contributed by atoms with Crippen LogP contribution in [0.4, 0.5) is 0 Å². The second-order valence-corrected chi connectivity index (χ2v) is 7.81. The molecule has 0 N–H and O–H groups in total. The molecule has 1 saturated heterocycles. The van der Waals surface area contributed by atoms with Gasteiger partial charge in [-0.2, -0.15) is 0 Å². The van der Waals surface area contributed by atoms with Crippen LogP contribution in [0.2, 0.25) is 0 Å². The lowest BCUT2D eigenvalue weighted by Gasteiger charge is -2.34. The highest BCUT2D eigenvalue weighted by Gasteiger charge is 2.43. The zero-order valence-corrected chi connectivity index (χ0v) is 11.5. The summed E-state index contributed by atoms with van der Waals surface area (Å²) < 4.78 is 23.0. The van der Waals surface area contributed by atoms with Crippen molar-refractivity contribution in [1.82, 2.24) is 4.90 Å². The van der Waals surface area contributed by atoms with Crippen molar-refractivity contribution in [3.63, 3.8) is 0 Å². The van der Waals surface area contributed by atoms with Crippen molar-refractivity contribution in [3.05, 3.63) is 22.4 Å². The highest BCUT2D eigenvalue weighted by atomic mass is 32.2. The number of rotatable bonds is 2. The van der Waals surface area contributed by atoms with Crippen molar-refractivity contribution >= 4 is 27.1 Å². The summed E-state index contributed by atoms with van der Waals surface area (Å²) in [6, 6.07) is 3.58. The van der Waals surface area contributed by atoms with Crippen LogP contribution >= 0.6 is 11.3 Å². The van der Waals surface area contributed by atoms with Crippen LogP contribution in [-0.2, 0) is 9.84 Å². The van der Waals surface area contributed by atoms with E-state index >= 15 is 0 Å². The smallest absolute Gasteiger partial charge is 0.264 e. The lowest BCUT2D eigenvalue weighted by atomic mass is 10.00.